The number of hydrogen-bond acceptors (Lipinski definition) is 6. The van der Waals surface area contributed by atoms with Gasteiger partial charge in [-0.2, -0.15) is 0 Å². The molecule has 3 unspecified atom stereocenters. The maximum absolute atomic E-state index is 12.8. The minimum Gasteiger partial charge on any atom is -0.756 e. The van der Waals surface area contributed by atoms with Gasteiger partial charge in [-0.15, -0.1) is 0 Å². The lowest BCUT2D eigenvalue weighted by atomic mass is 10.1. The van der Waals surface area contributed by atoms with E-state index in [9.17, 15) is 19.4 Å². The predicted molar refractivity (Wildman–Crippen MR) is 238 cm³/mol. The minimum absolute atomic E-state index is 0.0127. The first-order chi connectivity index (χ1) is 27.0. The van der Waals surface area contributed by atoms with E-state index in [1.807, 2.05) is 27.2 Å². The molecular formula is C47H89N2O6P. The second kappa shape index (κ2) is 38.9. The molecule has 0 aromatic rings. The Kier molecular flexibility index (Phi) is 37.9. The minimum atomic E-state index is -4.60. The Morgan fingerprint density at radius 2 is 1.00 bits per heavy atom. The smallest absolute Gasteiger partial charge is 0.268 e. The summed E-state index contributed by atoms with van der Waals surface area (Å²) in [4.78, 5) is 25.3. The third-order valence-corrected chi connectivity index (χ3v) is 11.0. The number of rotatable bonds is 41. The number of unbranched alkanes of at least 4 members (excludes halogenated alkanes) is 22. The van der Waals surface area contributed by atoms with Crippen LogP contribution in [-0.2, 0) is 18.4 Å². The standard InChI is InChI=1S/C47H89N2O6P/c1-6-8-10-12-14-16-18-20-21-22-23-24-25-26-27-29-30-32-34-36-38-40-46(50)45(44-55-56(52,53)54-43-42-49(3,4)5)48-47(51)41-39-37-35-33-31-28-19-17-15-13-11-9-7-2/h25-26,28,30-32,38,40,45-46,50H,6-24,27,29,33-37,39,41-44H2,1-5H3,(H-,48,51,52,53)/b26-25+,31-28-,32-30+,40-38+. The lowest BCUT2D eigenvalue weighted by Crippen LogP contribution is -2.45. The SMILES string of the molecule is CCCCCCCC/C=C\CCCCCC(=O)NC(COP(=O)([O-])OCC[N+](C)(C)C)C(O)/C=C/CC/C=C/CC/C=C/CCCCCCCCCCCCC. The van der Waals surface area contributed by atoms with E-state index in [1.54, 1.807) is 6.08 Å². The topological polar surface area (TPSA) is 108 Å². The highest BCUT2D eigenvalue weighted by molar-refractivity contribution is 7.45. The number of nitrogens with zero attached hydrogens (tertiary/aromatic N) is 1. The second-order valence-corrected chi connectivity index (χ2v) is 18.1. The van der Waals surface area contributed by atoms with E-state index in [-0.39, 0.29) is 12.5 Å². The van der Waals surface area contributed by atoms with E-state index in [1.165, 1.54) is 116 Å². The molecule has 0 aliphatic heterocycles. The zero-order chi connectivity index (χ0) is 41.4. The monoisotopic (exact) mass is 809 g/mol. The lowest BCUT2D eigenvalue weighted by molar-refractivity contribution is -0.870. The van der Waals surface area contributed by atoms with Crippen molar-refractivity contribution in [2.45, 2.75) is 206 Å². The number of nitrogens with one attached hydrogen (secondary N) is 1. The van der Waals surface area contributed by atoms with Crippen molar-refractivity contribution in [1.29, 1.82) is 0 Å². The molecule has 9 heteroatoms. The Hall–Kier alpha value is -1.54. The van der Waals surface area contributed by atoms with Crippen molar-refractivity contribution >= 4 is 13.7 Å². The van der Waals surface area contributed by atoms with Crippen LogP contribution in [0.4, 0.5) is 0 Å². The van der Waals surface area contributed by atoms with Crippen molar-refractivity contribution in [3.8, 4) is 0 Å². The van der Waals surface area contributed by atoms with Crippen molar-refractivity contribution in [2.75, 3.05) is 40.9 Å². The maximum Gasteiger partial charge on any atom is 0.268 e. The number of allylic oxidation sites excluding steroid dienone is 7. The van der Waals surface area contributed by atoms with E-state index in [2.05, 4.69) is 55.6 Å². The number of carbonyl (C=O) groups excluding carboxylic acids is 1. The first kappa shape index (κ1) is 54.5. The number of phosphoric ester groups is 1. The third kappa shape index (κ3) is 40.6. The zero-order valence-electron chi connectivity index (χ0n) is 37.1. The first-order valence-corrected chi connectivity index (χ1v) is 24.5. The summed E-state index contributed by atoms with van der Waals surface area (Å²) in [5.41, 5.74) is 0. The molecule has 0 bridgehead atoms. The molecule has 0 spiro atoms. The lowest BCUT2D eigenvalue weighted by Gasteiger charge is -2.29. The summed E-state index contributed by atoms with van der Waals surface area (Å²) in [7, 11) is 1.22. The fourth-order valence-electron chi connectivity index (χ4n) is 6.30. The van der Waals surface area contributed by atoms with Gasteiger partial charge < -0.3 is 28.8 Å². The van der Waals surface area contributed by atoms with E-state index in [0.717, 1.165) is 57.8 Å². The van der Waals surface area contributed by atoms with Gasteiger partial charge in [-0.1, -0.05) is 165 Å². The molecule has 0 saturated carbocycles. The molecule has 8 nitrogen and oxygen atoms in total. The summed E-state index contributed by atoms with van der Waals surface area (Å²) in [5, 5.41) is 13.7. The van der Waals surface area contributed by atoms with E-state index >= 15 is 0 Å². The van der Waals surface area contributed by atoms with E-state index < -0.39 is 26.6 Å². The quantitative estimate of drug-likeness (QED) is 0.0276. The molecule has 328 valence electrons. The molecule has 0 rings (SSSR count). The van der Waals surface area contributed by atoms with Crippen LogP contribution in [0.25, 0.3) is 0 Å². The van der Waals surface area contributed by atoms with Crippen LogP contribution in [0.1, 0.15) is 194 Å². The number of quaternary nitrogens is 1. The fourth-order valence-corrected chi connectivity index (χ4v) is 7.02. The van der Waals surface area contributed by atoms with Crippen molar-refractivity contribution < 1.29 is 32.9 Å². The first-order valence-electron chi connectivity index (χ1n) is 23.0. The molecule has 0 saturated heterocycles. The van der Waals surface area contributed by atoms with Crippen LogP contribution in [0.2, 0.25) is 0 Å². The largest absolute Gasteiger partial charge is 0.756 e. The highest BCUT2D eigenvalue weighted by Gasteiger charge is 2.23. The Morgan fingerprint density at radius 3 is 1.45 bits per heavy atom. The highest BCUT2D eigenvalue weighted by atomic mass is 31.2. The predicted octanol–water partition coefficient (Wildman–Crippen LogP) is 12.2. The number of carbonyl (C=O) groups is 1. The van der Waals surface area contributed by atoms with Crippen LogP contribution in [0.3, 0.4) is 0 Å². The number of phosphoric acid groups is 1. The highest BCUT2D eigenvalue weighted by Crippen LogP contribution is 2.38. The van der Waals surface area contributed by atoms with Gasteiger partial charge in [0.15, 0.2) is 0 Å². The van der Waals surface area contributed by atoms with Crippen molar-refractivity contribution in [3.63, 3.8) is 0 Å². The molecule has 0 aliphatic carbocycles. The summed E-state index contributed by atoms with van der Waals surface area (Å²) in [6, 6.07) is -0.916. The van der Waals surface area contributed by atoms with Crippen LogP contribution in [-0.4, -0.2) is 68.5 Å². The molecule has 0 heterocycles. The number of aliphatic hydroxyl groups excluding tert-OH is 1. The van der Waals surface area contributed by atoms with E-state index in [0.29, 0.717) is 17.4 Å². The van der Waals surface area contributed by atoms with Crippen LogP contribution in [0, 0.1) is 0 Å². The summed E-state index contributed by atoms with van der Waals surface area (Å²) >= 11 is 0. The van der Waals surface area contributed by atoms with Gasteiger partial charge in [-0.05, 0) is 70.6 Å². The Labute approximate surface area is 346 Å². The molecular weight excluding hydrogens is 719 g/mol. The van der Waals surface area contributed by atoms with Crippen LogP contribution in [0.5, 0.6) is 0 Å². The van der Waals surface area contributed by atoms with Gasteiger partial charge in [-0.25, -0.2) is 0 Å². The number of amides is 1. The Bertz CT molecular complexity index is 1050. The third-order valence-electron chi connectivity index (χ3n) is 9.99. The Morgan fingerprint density at radius 1 is 0.607 bits per heavy atom. The molecule has 1 amide bonds. The van der Waals surface area contributed by atoms with Gasteiger partial charge in [-0.3, -0.25) is 9.36 Å². The van der Waals surface area contributed by atoms with Crippen LogP contribution < -0.4 is 10.2 Å². The molecule has 0 aromatic carbocycles. The van der Waals surface area contributed by atoms with Crippen LogP contribution >= 0.6 is 7.82 Å². The summed E-state index contributed by atoms with van der Waals surface area (Å²) in [5.74, 6) is -0.230. The molecule has 3 atom stereocenters. The van der Waals surface area contributed by atoms with Gasteiger partial charge in [0.25, 0.3) is 7.82 Å². The number of aliphatic hydroxyl groups is 1. The summed E-state index contributed by atoms with van der Waals surface area (Å²) in [6.45, 7) is 4.59. The molecule has 0 aromatic heterocycles. The molecule has 2 N–H and O–H groups in total. The van der Waals surface area contributed by atoms with Crippen LogP contribution in [0.15, 0.2) is 48.6 Å². The van der Waals surface area contributed by atoms with Gasteiger partial charge in [0.1, 0.15) is 13.2 Å². The molecule has 0 fully saturated rings. The average Bonchev–Trinajstić information content (AvgIpc) is 3.15. The average molecular weight is 809 g/mol. The van der Waals surface area contributed by atoms with Crippen molar-refractivity contribution in [3.05, 3.63) is 48.6 Å². The number of hydrogen-bond donors (Lipinski definition) is 2. The number of likely N-dealkylation sites (N-methyl/N-ethyl adjacent to an activating group) is 1. The van der Waals surface area contributed by atoms with Gasteiger partial charge in [0.2, 0.25) is 5.91 Å². The van der Waals surface area contributed by atoms with Gasteiger partial charge >= 0.3 is 0 Å². The normalized spacial score (nSPS) is 14.8. The Balaban J connectivity index is 4.48. The fraction of sp³-hybridized carbons (Fsp3) is 0.809. The van der Waals surface area contributed by atoms with Gasteiger partial charge in [0.05, 0.1) is 39.9 Å². The van der Waals surface area contributed by atoms with E-state index in [4.69, 9.17) is 9.05 Å². The maximum atomic E-state index is 12.8. The second-order valence-electron chi connectivity index (χ2n) is 16.7. The van der Waals surface area contributed by atoms with Crippen molar-refractivity contribution in [2.24, 2.45) is 0 Å². The summed E-state index contributed by atoms with van der Waals surface area (Å²) < 4.78 is 23.2. The summed E-state index contributed by atoms with van der Waals surface area (Å²) in [6.07, 6.45) is 48.8. The van der Waals surface area contributed by atoms with Gasteiger partial charge in [0, 0.05) is 6.42 Å². The van der Waals surface area contributed by atoms with Crippen molar-refractivity contribution in [1.82, 2.24) is 5.32 Å². The molecule has 0 aliphatic rings. The zero-order valence-corrected chi connectivity index (χ0v) is 38.0. The molecule has 0 radical (unpaired) electrons. The molecule has 56 heavy (non-hydrogen) atoms.